The molecule has 1 spiro atoms. The van der Waals surface area contributed by atoms with Crippen LogP contribution >= 0.6 is 0 Å². The Morgan fingerprint density at radius 1 is 1.32 bits per heavy atom. The highest BCUT2D eigenvalue weighted by molar-refractivity contribution is 5.78. The lowest BCUT2D eigenvalue weighted by atomic mass is 9.73. The lowest BCUT2D eigenvalue weighted by Gasteiger charge is -2.48. The molecule has 5 heteroatoms. The summed E-state index contributed by atoms with van der Waals surface area (Å²) in [7, 11) is 0. The summed E-state index contributed by atoms with van der Waals surface area (Å²) >= 11 is 0. The number of hydrogen-bond donors (Lipinski definition) is 1. The standard InChI is InChI=1S/C17H18N2O3/c20-16(10-12-6-9-21-19-12)18-14-11-17(7-3-8-17)22-15-5-2-1-4-13(14)15/h1-2,4-6,9,14H,3,7-8,10-11H2,(H,18,20)/t14-/m0/s1. The maximum atomic E-state index is 12.3. The van der Waals surface area contributed by atoms with Gasteiger partial charge >= 0.3 is 0 Å². The molecule has 1 aliphatic carbocycles. The minimum atomic E-state index is -0.0831. The second kappa shape index (κ2) is 5.16. The molecule has 22 heavy (non-hydrogen) atoms. The lowest BCUT2D eigenvalue weighted by Crippen LogP contribution is -2.49. The van der Waals surface area contributed by atoms with E-state index in [0.717, 1.165) is 30.6 Å². The van der Waals surface area contributed by atoms with E-state index in [9.17, 15) is 4.79 Å². The Morgan fingerprint density at radius 2 is 2.18 bits per heavy atom. The average Bonchev–Trinajstić information content (AvgIpc) is 2.98. The third-order valence-electron chi connectivity index (χ3n) is 4.63. The molecule has 1 saturated carbocycles. The maximum Gasteiger partial charge on any atom is 0.226 e. The van der Waals surface area contributed by atoms with Crippen molar-refractivity contribution in [3.05, 3.63) is 47.9 Å². The molecule has 0 radical (unpaired) electrons. The van der Waals surface area contributed by atoms with E-state index in [1.54, 1.807) is 6.07 Å². The van der Waals surface area contributed by atoms with E-state index in [0.29, 0.717) is 5.69 Å². The summed E-state index contributed by atoms with van der Waals surface area (Å²) in [5, 5.41) is 6.93. The van der Waals surface area contributed by atoms with Crippen LogP contribution in [0.25, 0.3) is 0 Å². The van der Waals surface area contributed by atoms with Gasteiger partial charge in [0.25, 0.3) is 0 Å². The van der Waals surface area contributed by atoms with Crippen LogP contribution in [0.4, 0.5) is 0 Å². The Kier molecular flexibility index (Phi) is 3.13. The first-order valence-electron chi connectivity index (χ1n) is 7.71. The van der Waals surface area contributed by atoms with Gasteiger partial charge in [-0.05, 0) is 25.3 Å². The van der Waals surface area contributed by atoms with Crippen molar-refractivity contribution in [2.75, 3.05) is 0 Å². The number of nitrogens with one attached hydrogen (secondary N) is 1. The number of ether oxygens (including phenoxy) is 1. The van der Waals surface area contributed by atoms with E-state index in [-0.39, 0.29) is 24.0 Å². The monoisotopic (exact) mass is 298 g/mol. The van der Waals surface area contributed by atoms with Gasteiger partial charge in [-0.15, -0.1) is 0 Å². The van der Waals surface area contributed by atoms with Gasteiger partial charge in [0.2, 0.25) is 5.91 Å². The van der Waals surface area contributed by atoms with Crippen molar-refractivity contribution >= 4 is 5.91 Å². The highest BCUT2D eigenvalue weighted by atomic mass is 16.5. The predicted octanol–water partition coefficient (Wildman–Crippen LogP) is 2.78. The van der Waals surface area contributed by atoms with E-state index in [1.807, 2.05) is 24.3 Å². The van der Waals surface area contributed by atoms with Crippen molar-refractivity contribution in [2.45, 2.75) is 43.7 Å². The van der Waals surface area contributed by atoms with Gasteiger partial charge in [0.1, 0.15) is 17.6 Å². The van der Waals surface area contributed by atoms with Crippen molar-refractivity contribution in [1.82, 2.24) is 10.5 Å². The van der Waals surface area contributed by atoms with Crippen molar-refractivity contribution in [3.63, 3.8) is 0 Å². The molecule has 0 saturated heterocycles. The summed E-state index contributed by atoms with van der Waals surface area (Å²) in [5.74, 6) is 0.866. The summed E-state index contributed by atoms with van der Waals surface area (Å²) < 4.78 is 11.0. The number of carbonyl (C=O) groups is 1. The zero-order valence-corrected chi connectivity index (χ0v) is 12.2. The van der Waals surface area contributed by atoms with Gasteiger partial charge < -0.3 is 14.6 Å². The number of rotatable bonds is 3. The molecular weight excluding hydrogens is 280 g/mol. The van der Waals surface area contributed by atoms with Gasteiger partial charge in [0.05, 0.1) is 18.2 Å². The van der Waals surface area contributed by atoms with E-state index >= 15 is 0 Å². The Balaban J connectivity index is 1.53. The Labute approximate surface area is 128 Å². The molecule has 1 N–H and O–H groups in total. The molecular formula is C17H18N2O3. The number of amides is 1. The number of nitrogens with zero attached hydrogens (tertiary/aromatic N) is 1. The Morgan fingerprint density at radius 3 is 2.91 bits per heavy atom. The Hall–Kier alpha value is -2.30. The fourth-order valence-electron chi connectivity index (χ4n) is 3.36. The molecule has 2 heterocycles. The first kappa shape index (κ1) is 13.4. The highest BCUT2D eigenvalue weighted by Gasteiger charge is 2.45. The summed E-state index contributed by atoms with van der Waals surface area (Å²) in [6, 6.07) is 9.70. The van der Waals surface area contributed by atoms with Gasteiger partial charge in [0.15, 0.2) is 0 Å². The number of carbonyl (C=O) groups excluding carboxylic acids is 1. The molecule has 4 rings (SSSR count). The fourth-order valence-corrected chi connectivity index (χ4v) is 3.36. The SMILES string of the molecule is O=C(Cc1ccon1)N[C@H]1CC2(CCC2)Oc2ccccc21. The Bertz CT molecular complexity index is 677. The normalized spacial score (nSPS) is 21.5. The first-order valence-corrected chi connectivity index (χ1v) is 7.71. The number of para-hydroxylation sites is 1. The van der Waals surface area contributed by atoms with Crippen molar-refractivity contribution in [3.8, 4) is 5.75 Å². The molecule has 1 amide bonds. The fraction of sp³-hybridized carbons (Fsp3) is 0.412. The van der Waals surface area contributed by atoms with Crippen LogP contribution in [0.5, 0.6) is 5.75 Å². The van der Waals surface area contributed by atoms with Crippen LogP contribution < -0.4 is 10.1 Å². The van der Waals surface area contributed by atoms with E-state index in [4.69, 9.17) is 9.26 Å². The highest BCUT2D eigenvalue weighted by Crippen LogP contribution is 2.48. The van der Waals surface area contributed by atoms with E-state index in [2.05, 4.69) is 10.5 Å². The zero-order chi connectivity index (χ0) is 15.0. The number of aromatic nitrogens is 1. The average molecular weight is 298 g/mol. The zero-order valence-electron chi connectivity index (χ0n) is 12.2. The molecule has 0 bridgehead atoms. The molecule has 114 valence electrons. The van der Waals surface area contributed by atoms with E-state index in [1.165, 1.54) is 12.7 Å². The number of fused-ring (bicyclic) bond motifs is 1. The predicted molar refractivity (Wildman–Crippen MR) is 79.4 cm³/mol. The third kappa shape index (κ3) is 2.36. The summed E-state index contributed by atoms with van der Waals surface area (Å²) in [6.45, 7) is 0. The number of hydrogen-bond acceptors (Lipinski definition) is 4. The molecule has 2 aliphatic rings. The summed E-state index contributed by atoms with van der Waals surface area (Å²) in [4.78, 5) is 12.3. The van der Waals surface area contributed by atoms with Crippen LogP contribution in [0.2, 0.25) is 0 Å². The van der Waals surface area contributed by atoms with Gasteiger partial charge in [-0.1, -0.05) is 23.4 Å². The van der Waals surface area contributed by atoms with Crippen LogP contribution in [0, 0.1) is 0 Å². The summed E-state index contributed by atoms with van der Waals surface area (Å²) in [6.07, 6.45) is 5.89. The second-order valence-corrected chi connectivity index (χ2v) is 6.17. The largest absolute Gasteiger partial charge is 0.487 e. The smallest absolute Gasteiger partial charge is 0.226 e. The van der Waals surface area contributed by atoms with Gasteiger partial charge in [0, 0.05) is 18.1 Å². The molecule has 1 aromatic heterocycles. The molecule has 1 fully saturated rings. The van der Waals surface area contributed by atoms with Crippen LogP contribution in [0.1, 0.15) is 43.0 Å². The molecule has 5 nitrogen and oxygen atoms in total. The molecule has 1 atom stereocenters. The second-order valence-electron chi connectivity index (χ2n) is 6.17. The first-order chi connectivity index (χ1) is 10.7. The van der Waals surface area contributed by atoms with Gasteiger partial charge in [-0.25, -0.2) is 0 Å². The third-order valence-corrected chi connectivity index (χ3v) is 4.63. The lowest BCUT2D eigenvalue weighted by molar-refractivity contribution is -0.122. The quantitative estimate of drug-likeness (QED) is 0.946. The topological polar surface area (TPSA) is 64.4 Å². The molecule has 2 aromatic rings. The minimum absolute atomic E-state index is 0.00431. The molecule has 1 aliphatic heterocycles. The van der Waals surface area contributed by atoms with E-state index < -0.39 is 0 Å². The minimum Gasteiger partial charge on any atom is -0.487 e. The van der Waals surface area contributed by atoms with Crippen molar-refractivity contribution in [2.24, 2.45) is 0 Å². The van der Waals surface area contributed by atoms with Crippen LogP contribution in [-0.2, 0) is 11.2 Å². The maximum absolute atomic E-state index is 12.3. The molecule has 1 aromatic carbocycles. The van der Waals surface area contributed by atoms with Gasteiger partial charge in [-0.2, -0.15) is 0 Å². The van der Waals surface area contributed by atoms with Gasteiger partial charge in [-0.3, -0.25) is 4.79 Å². The van der Waals surface area contributed by atoms with Crippen molar-refractivity contribution in [1.29, 1.82) is 0 Å². The summed E-state index contributed by atoms with van der Waals surface area (Å²) in [5.41, 5.74) is 1.63. The van der Waals surface area contributed by atoms with Crippen molar-refractivity contribution < 1.29 is 14.1 Å². The van der Waals surface area contributed by atoms with Crippen LogP contribution in [-0.4, -0.2) is 16.7 Å². The van der Waals surface area contributed by atoms with Crippen LogP contribution in [0.3, 0.4) is 0 Å². The molecule has 0 unspecified atom stereocenters. The van der Waals surface area contributed by atoms with Crippen LogP contribution in [0.15, 0.2) is 41.1 Å². The number of benzene rings is 1.